The Morgan fingerprint density at radius 3 is 2.15 bits per heavy atom. The molecule has 0 aliphatic heterocycles. The monoisotopic (exact) mass is 367 g/mol. The van der Waals surface area contributed by atoms with Crippen LogP contribution in [0.25, 0.3) is 11.1 Å². The molecular formula is C22H25NO4. The molecule has 5 nitrogen and oxygen atoms in total. The molecule has 3 rings (SSSR count). The number of carbonyl (C=O) groups excluding carboxylic acids is 1. The molecule has 27 heavy (non-hydrogen) atoms. The van der Waals surface area contributed by atoms with Crippen LogP contribution in [0.5, 0.6) is 0 Å². The largest absolute Gasteiger partial charge is 0.481 e. The van der Waals surface area contributed by atoms with Gasteiger partial charge >= 0.3 is 12.1 Å². The van der Waals surface area contributed by atoms with Crippen LogP contribution in [0, 0.1) is 5.92 Å². The van der Waals surface area contributed by atoms with Crippen molar-refractivity contribution in [3.05, 3.63) is 59.7 Å². The second-order valence-corrected chi connectivity index (χ2v) is 7.06. The van der Waals surface area contributed by atoms with Crippen LogP contribution in [0.1, 0.15) is 43.7 Å². The molecule has 142 valence electrons. The first-order valence-electron chi connectivity index (χ1n) is 9.34. The predicted octanol–water partition coefficient (Wildman–Crippen LogP) is 4.41. The SMILES string of the molecule is CCC(C)[C@@H](CC(=O)O)NC(=O)OCC1c2ccccc2-c2ccccc21. The third kappa shape index (κ3) is 4.13. The summed E-state index contributed by atoms with van der Waals surface area (Å²) in [5, 5.41) is 11.8. The minimum absolute atomic E-state index is 0.00956. The third-order valence-corrected chi connectivity index (χ3v) is 5.37. The van der Waals surface area contributed by atoms with Crippen molar-refractivity contribution in [2.45, 2.75) is 38.6 Å². The van der Waals surface area contributed by atoms with Crippen molar-refractivity contribution in [1.82, 2.24) is 5.32 Å². The van der Waals surface area contributed by atoms with E-state index in [9.17, 15) is 9.59 Å². The Hall–Kier alpha value is -2.82. The van der Waals surface area contributed by atoms with E-state index >= 15 is 0 Å². The van der Waals surface area contributed by atoms with Crippen LogP contribution in [0.3, 0.4) is 0 Å². The molecule has 1 aliphatic carbocycles. The van der Waals surface area contributed by atoms with Crippen LogP contribution >= 0.6 is 0 Å². The molecule has 5 heteroatoms. The van der Waals surface area contributed by atoms with Crippen LogP contribution in [0.4, 0.5) is 4.79 Å². The molecule has 0 aromatic heterocycles. The fourth-order valence-corrected chi connectivity index (χ4v) is 3.66. The van der Waals surface area contributed by atoms with E-state index in [1.807, 2.05) is 38.1 Å². The molecule has 0 saturated carbocycles. The summed E-state index contributed by atoms with van der Waals surface area (Å²) < 4.78 is 5.50. The van der Waals surface area contributed by atoms with Crippen molar-refractivity contribution in [3.8, 4) is 11.1 Å². The van der Waals surface area contributed by atoms with Gasteiger partial charge in [-0.05, 0) is 28.2 Å². The molecule has 2 N–H and O–H groups in total. The van der Waals surface area contributed by atoms with E-state index in [-0.39, 0.29) is 24.9 Å². The minimum atomic E-state index is -0.931. The highest BCUT2D eigenvalue weighted by atomic mass is 16.5. The molecular weight excluding hydrogens is 342 g/mol. The first-order valence-corrected chi connectivity index (χ1v) is 9.34. The molecule has 0 bridgehead atoms. The number of hydrogen-bond donors (Lipinski definition) is 2. The number of ether oxygens (including phenoxy) is 1. The van der Waals surface area contributed by atoms with Gasteiger partial charge in [0.15, 0.2) is 0 Å². The summed E-state index contributed by atoms with van der Waals surface area (Å²) in [7, 11) is 0. The van der Waals surface area contributed by atoms with E-state index in [1.165, 1.54) is 11.1 Å². The van der Waals surface area contributed by atoms with Crippen LogP contribution in [-0.4, -0.2) is 29.8 Å². The maximum absolute atomic E-state index is 12.3. The van der Waals surface area contributed by atoms with Crippen molar-refractivity contribution in [2.24, 2.45) is 5.92 Å². The van der Waals surface area contributed by atoms with Crippen LogP contribution in [0.2, 0.25) is 0 Å². The molecule has 2 aromatic carbocycles. The van der Waals surface area contributed by atoms with Gasteiger partial charge in [-0.1, -0.05) is 68.8 Å². The Morgan fingerprint density at radius 1 is 1.07 bits per heavy atom. The van der Waals surface area contributed by atoms with Crippen LogP contribution < -0.4 is 5.32 Å². The topological polar surface area (TPSA) is 75.6 Å². The van der Waals surface area contributed by atoms with Crippen LogP contribution in [-0.2, 0) is 9.53 Å². The lowest BCUT2D eigenvalue weighted by molar-refractivity contribution is -0.137. The number of aliphatic carboxylic acids is 1. The average Bonchev–Trinajstić information content (AvgIpc) is 2.99. The first kappa shape index (κ1) is 19.0. The van der Waals surface area contributed by atoms with E-state index in [0.717, 1.165) is 17.5 Å². The van der Waals surface area contributed by atoms with Gasteiger partial charge in [-0.2, -0.15) is 0 Å². The fraction of sp³-hybridized carbons (Fsp3) is 0.364. The second-order valence-electron chi connectivity index (χ2n) is 7.06. The lowest BCUT2D eigenvalue weighted by atomic mass is 9.96. The number of alkyl carbamates (subject to hydrolysis) is 1. The molecule has 2 atom stereocenters. The smallest absolute Gasteiger partial charge is 0.407 e. The molecule has 0 heterocycles. The highest BCUT2D eigenvalue weighted by Crippen LogP contribution is 2.44. The number of rotatable bonds is 7. The van der Waals surface area contributed by atoms with Gasteiger partial charge in [-0.15, -0.1) is 0 Å². The summed E-state index contributed by atoms with van der Waals surface area (Å²) in [5.74, 6) is -0.884. The Labute approximate surface area is 159 Å². The lowest BCUT2D eigenvalue weighted by Crippen LogP contribution is -2.41. The van der Waals surface area contributed by atoms with Crippen LogP contribution in [0.15, 0.2) is 48.5 Å². The molecule has 0 spiro atoms. The zero-order valence-electron chi connectivity index (χ0n) is 15.6. The zero-order chi connectivity index (χ0) is 19.4. The van der Waals surface area contributed by atoms with Crippen molar-refractivity contribution >= 4 is 12.1 Å². The van der Waals surface area contributed by atoms with E-state index < -0.39 is 18.1 Å². The molecule has 2 aromatic rings. The van der Waals surface area contributed by atoms with Gasteiger partial charge in [-0.25, -0.2) is 4.79 Å². The van der Waals surface area contributed by atoms with Gasteiger partial charge in [0.25, 0.3) is 0 Å². The fourth-order valence-electron chi connectivity index (χ4n) is 3.66. The van der Waals surface area contributed by atoms with Crippen molar-refractivity contribution < 1.29 is 19.4 Å². The first-order chi connectivity index (χ1) is 13.0. The Balaban J connectivity index is 1.69. The lowest BCUT2D eigenvalue weighted by Gasteiger charge is -2.23. The second kappa shape index (κ2) is 8.25. The Kier molecular flexibility index (Phi) is 5.79. The maximum atomic E-state index is 12.3. The van der Waals surface area contributed by atoms with Crippen molar-refractivity contribution in [2.75, 3.05) is 6.61 Å². The molecule has 0 radical (unpaired) electrons. The van der Waals surface area contributed by atoms with Gasteiger partial charge < -0.3 is 15.2 Å². The molecule has 0 saturated heterocycles. The quantitative estimate of drug-likeness (QED) is 0.760. The van der Waals surface area contributed by atoms with Crippen molar-refractivity contribution in [1.29, 1.82) is 0 Å². The van der Waals surface area contributed by atoms with Gasteiger partial charge in [0.1, 0.15) is 6.61 Å². The highest BCUT2D eigenvalue weighted by Gasteiger charge is 2.29. The molecule has 1 aliphatic rings. The number of carboxylic acid groups (broad SMARTS) is 1. The number of amides is 1. The van der Waals surface area contributed by atoms with Crippen molar-refractivity contribution in [3.63, 3.8) is 0 Å². The van der Waals surface area contributed by atoms with Gasteiger partial charge in [0.05, 0.1) is 6.42 Å². The van der Waals surface area contributed by atoms with Gasteiger partial charge in [-0.3, -0.25) is 4.79 Å². The summed E-state index contributed by atoms with van der Waals surface area (Å²) >= 11 is 0. The zero-order valence-corrected chi connectivity index (χ0v) is 15.6. The predicted molar refractivity (Wildman–Crippen MR) is 104 cm³/mol. The maximum Gasteiger partial charge on any atom is 0.407 e. The summed E-state index contributed by atoms with van der Waals surface area (Å²) in [5.41, 5.74) is 4.64. The van der Waals surface area contributed by atoms with E-state index in [4.69, 9.17) is 9.84 Å². The van der Waals surface area contributed by atoms with E-state index in [1.54, 1.807) is 0 Å². The number of fused-ring (bicyclic) bond motifs is 3. The summed E-state index contributed by atoms with van der Waals surface area (Å²) in [6.07, 6.45) is 0.101. The Bertz CT molecular complexity index is 787. The standard InChI is InChI=1S/C22H25NO4/c1-3-14(2)20(12-21(24)25)23-22(26)27-13-19-17-10-6-4-8-15(17)16-9-5-7-11-18(16)19/h4-11,14,19-20H,3,12-13H2,1-2H3,(H,23,26)(H,24,25)/t14?,20-/m1/s1. The number of benzene rings is 2. The van der Waals surface area contributed by atoms with E-state index in [2.05, 4.69) is 29.6 Å². The minimum Gasteiger partial charge on any atom is -0.481 e. The molecule has 1 amide bonds. The van der Waals surface area contributed by atoms with E-state index in [0.29, 0.717) is 0 Å². The average molecular weight is 367 g/mol. The number of carbonyl (C=O) groups is 2. The summed E-state index contributed by atoms with van der Waals surface area (Å²) in [4.78, 5) is 23.4. The molecule has 1 unspecified atom stereocenters. The van der Waals surface area contributed by atoms with Gasteiger partial charge in [0.2, 0.25) is 0 Å². The number of carboxylic acids is 1. The summed E-state index contributed by atoms with van der Waals surface area (Å²) in [6.45, 7) is 4.12. The normalized spacial score (nSPS) is 14.7. The third-order valence-electron chi connectivity index (χ3n) is 5.37. The number of nitrogens with one attached hydrogen (secondary N) is 1. The molecule has 0 fully saturated rings. The number of hydrogen-bond acceptors (Lipinski definition) is 3. The van der Waals surface area contributed by atoms with Gasteiger partial charge in [0, 0.05) is 12.0 Å². The highest BCUT2D eigenvalue weighted by molar-refractivity contribution is 5.79. The Morgan fingerprint density at radius 2 is 1.63 bits per heavy atom. The summed E-state index contributed by atoms with van der Waals surface area (Å²) in [6, 6.07) is 15.8.